The minimum absolute atomic E-state index is 0.189. The van der Waals surface area contributed by atoms with Crippen molar-refractivity contribution in [2.24, 2.45) is 0 Å². The Morgan fingerprint density at radius 2 is 1.70 bits per heavy atom. The smallest absolute Gasteiger partial charge is 0.256 e. The molecule has 23 heavy (non-hydrogen) atoms. The Labute approximate surface area is 139 Å². The van der Waals surface area contributed by atoms with Crippen LogP contribution in [0, 0.1) is 11.3 Å². The van der Waals surface area contributed by atoms with Crippen LogP contribution in [0.25, 0.3) is 10.8 Å². The zero-order valence-electron chi connectivity index (χ0n) is 12.2. The molecular weight excluding hydrogens is 308 g/mol. The van der Waals surface area contributed by atoms with E-state index >= 15 is 0 Å². The zero-order chi connectivity index (χ0) is 16.2. The Bertz CT molecular complexity index is 911. The zero-order valence-corrected chi connectivity index (χ0v) is 13.0. The SMILES string of the molecule is N#CCc1ccc(NC(=O)c2cccc3c(Cl)cccc23)cc1. The fourth-order valence-electron chi connectivity index (χ4n) is 2.47. The highest BCUT2D eigenvalue weighted by Gasteiger charge is 2.11. The number of nitriles is 1. The van der Waals surface area contributed by atoms with Crippen LogP contribution in [0.5, 0.6) is 0 Å². The molecule has 0 saturated heterocycles. The first kappa shape index (κ1) is 15.1. The number of carbonyl (C=O) groups excluding carboxylic acids is 1. The van der Waals surface area contributed by atoms with Crippen molar-refractivity contribution in [3.05, 3.63) is 76.8 Å². The number of anilines is 1. The van der Waals surface area contributed by atoms with Gasteiger partial charge in [-0.25, -0.2) is 0 Å². The summed E-state index contributed by atoms with van der Waals surface area (Å²) < 4.78 is 0. The molecule has 112 valence electrons. The summed E-state index contributed by atoms with van der Waals surface area (Å²) in [4.78, 5) is 12.5. The average Bonchev–Trinajstić information content (AvgIpc) is 2.57. The molecule has 0 radical (unpaired) electrons. The number of rotatable bonds is 3. The molecule has 3 aromatic rings. The highest BCUT2D eigenvalue weighted by atomic mass is 35.5. The minimum atomic E-state index is -0.189. The van der Waals surface area contributed by atoms with Gasteiger partial charge in [0.05, 0.1) is 12.5 Å². The molecule has 1 amide bonds. The van der Waals surface area contributed by atoms with Gasteiger partial charge in [0.25, 0.3) is 5.91 Å². The average molecular weight is 321 g/mol. The summed E-state index contributed by atoms with van der Waals surface area (Å²) in [5, 5.41) is 13.8. The van der Waals surface area contributed by atoms with E-state index < -0.39 is 0 Å². The fourth-order valence-corrected chi connectivity index (χ4v) is 2.70. The molecule has 0 fully saturated rings. The van der Waals surface area contributed by atoms with Crippen molar-refractivity contribution >= 4 is 34.0 Å². The number of nitrogens with zero attached hydrogens (tertiary/aromatic N) is 1. The summed E-state index contributed by atoms with van der Waals surface area (Å²) >= 11 is 6.18. The van der Waals surface area contributed by atoms with Crippen LogP contribution in [-0.2, 0) is 6.42 Å². The highest BCUT2D eigenvalue weighted by Crippen LogP contribution is 2.26. The van der Waals surface area contributed by atoms with E-state index in [0.717, 1.165) is 16.3 Å². The van der Waals surface area contributed by atoms with Crippen LogP contribution in [0.2, 0.25) is 5.02 Å². The lowest BCUT2D eigenvalue weighted by molar-refractivity contribution is 0.102. The molecule has 0 bridgehead atoms. The molecule has 0 unspecified atom stereocenters. The Morgan fingerprint density at radius 1 is 1.00 bits per heavy atom. The maximum absolute atomic E-state index is 12.5. The summed E-state index contributed by atoms with van der Waals surface area (Å²) in [5.41, 5.74) is 2.18. The van der Waals surface area contributed by atoms with Gasteiger partial charge in [-0.3, -0.25) is 4.79 Å². The third-order valence-electron chi connectivity index (χ3n) is 3.61. The molecule has 0 saturated carbocycles. The normalized spacial score (nSPS) is 10.3. The van der Waals surface area contributed by atoms with Gasteiger partial charge in [0.1, 0.15) is 0 Å². The van der Waals surface area contributed by atoms with Crippen LogP contribution < -0.4 is 5.32 Å². The summed E-state index contributed by atoms with van der Waals surface area (Å²) in [7, 11) is 0. The molecule has 1 N–H and O–H groups in total. The monoisotopic (exact) mass is 320 g/mol. The molecular formula is C19H13ClN2O. The third-order valence-corrected chi connectivity index (χ3v) is 3.94. The number of benzene rings is 3. The maximum atomic E-state index is 12.5. The number of fused-ring (bicyclic) bond motifs is 1. The molecule has 0 aliphatic carbocycles. The number of halogens is 1. The van der Waals surface area contributed by atoms with Gasteiger partial charge in [-0.2, -0.15) is 5.26 Å². The lowest BCUT2D eigenvalue weighted by Crippen LogP contribution is -2.12. The van der Waals surface area contributed by atoms with Crippen LogP contribution in [0.1, 0.15) is 15.9 Å². The first-order chi connectivity index (χ1) is 11.2. The van der Waals surface area contributed by atoms with Gasteiger partial charge < -0.3 is 5.32 Å². The second-order valence-electron chi connectivity index (χ2n) is 5.13. The minimum Gasteiger partial charge on any atom is -0.322 e. The molecule has 0 atom stereocenters. The predicted octanol–water partition coefficient (Wildman–Crippen LogP) is 4.81. The van der Waals surface area contributed by atoms with Gasteiger partial charge in [-0.15, -0.1) is 0 Å². The molecule has 0 heterocycles. The van der Waals surface area contributed by atoms with Crippen molar-refractivity contribution < 1.29 is 4.79 Å². The Kier molecular flexibility index (Phi) is 4.27. The lowest BCUT2D eigenvalue weighted by atomic mass is 10.0. The summed E-state index contributed by atoms with van der Waals surface area (Å²) in [6.07, 6.45) is 0.357. The summed E-state index contributed by atoms with van der Waals surface area (Å²) in [6, 6.07) is 20.4. The van der Waals surface area contributed by atoms with E-state index in [9.17, 15) is 4.79 Å². The number of carbonyl (C=O) groups is 1. The van der Waals surface area contributed by atoms with Gasteiger partial charge in [0.2, 0.25) is 0 Å². The largest absolute Gasteiger partial charge is 0.322 e. The van der Waals surface area contributed by atoms with Crippen LogP contribution in [0.3, 0.4) is 0 Å². The fraction of sp³-hybridized carbons (Fsp3) is 0.0526. The summed E-state index contributed by atoms with van der Waals surface area (Å²) in [6.45, 7) is 0. The van der Waals surface area contributed by atoms with E-state index in [0.29, 0.717) is 22.7 Å². The van der Waals surface area contributed by atoms with Crippen LogP contribution >= 0.6 is 11.6 Å². The quantitative estimate of drug-likeness (QED) is 0.752. The van der Waals surface area contributed by atoms with Gasteiger partial charge in [0, 0.05) is 21.7 Å². The van der Waals surface area contributed by atoms with Crippen LogP contribution in [-0.4, -0.2) is 5.91 Å². The van der Waals surface area contributed by atoms with Crippen molar-refractivity contribution in [3.8, 4) is 6.07 Å². The van der Waals surface area contributed by atoms with Gasteiger partial charge in [-0.05, 0) is 35.2 Å². The van der Waals surface area contributed by atoms with Crippen LogP contribution in [0.15, 0.2) is 60.7 Å². The predicted molar refractivity (Wildman–Crippen MR) is 92.7 cm³/mol. The molecule has 3 rings (SSSR count). The molecule has 0 aliphatic heterocycles. The second-order valence-corrected chi connectivity index (χ2v) is 5.53. The van der Waals surface area contributed by atoms with E-state index in [1.54, 1.807) is 24.3 Å². The molecule has 3 aromatic carbocycles. The van der Waals surface area contributed by atoms with Gasteiger partial charge in [0.15, 0.2) is 0 Å². The highest BCUT2D eigenvalue weighted by molar-refractivity contribution is 6.36. The number of nitrogens with one attached hydrogen (secondary N) is 1. The molecule has 3 nitrogen and oxygen atoms in total. The van der Waals surface area contributed by atoms with E-state index in [1.165, 1.54) is 0 Å². The Balaban J connectivity index is 1.89. The van der Waals surface area contributed by atoms with E-state index in [1.807, 2.05) is 36.4 Å². The van der Waals surface area contributed by atoms with Crippen LogP contribution in [0.4, 0.5) is 5.69 Å². The second kappa shape index (κ2) is 6.51. The third kappa shape index (κ3) is 3.18. The maximum Gasteiger partial charge on any atom is 0.256 e. The lowest BCUT2D eigenvalue weighted by Gasteiger charge is -2.09. The van der Waals surface area contributed by atoms with Crippen molar-refractivity contribution in [2.45, 2.75) is 6.42 Å². The van der Waals surface area contributed by atoms with Crippen molar-refractivity contribution in [1.29, 1.82) is 5.26 Å². The number of hydrogen-bond donors (Lipinski definition) is 1. The van der Waals surface area contributed by atoms with E-state index in [4.69, 9.17) is 16.9 Å². The molecule has 0 spiro atoms. The molecule has 0 aliphatic rings. The Hall–Kier alpha value is -2.83. The van der Waals surface area contributed by atoms with Crippen molar-refractivity contribution in [2.75, 3.05) is 5.32 Å². The van der Waals surface area contributed by atoms with Gasteiger partial charge >= 0.3 is 0 Å². The van der Waals surface area contributed by atoms with Crippen molar-refractivity contribution in [1.82, 2.24) is 0 Å². The van der Waals surface area contributed by atoms with E-state index in [2.05, 4.69) is 11.4 Å². The first-order valence-electron chi connectivity index (χ1n) is 7.13. The van der Waals surface area contributed by atoms with Gasteiger partial charge in [-0.1, -0.05) is 48.0 Å². The molecule has 4 heteroatoms. The van der Waals surface area contributed by atoms with Crippen molar-refractivity contribution in [3.63, 3.8) is 0 Å². The molecule has 0 aromatic heterocycles. The Morgan fingerprint density at radius 3 is 2.43 bits per heavy atom. The summed E-state index contributed by atoms with van der Waals surface area (Å²) in [5.74, 6) is -0.189. The standard InChI is InChI=1S/C19H13ClN2O/c20-18-6-2-3-15-16(18)4-1-5-17(15)19(23)22-14-9-7-13(8-10-14)11-12-21/h1-10H,11H2,(H,22,23). The topological polar surface area (TPSA) is 52.9 Å². The first-order valence-corrected chi connectivity index (χ1v) is 7.51. The number of amides is 1. The number of hydrogen-bond acceptors (Lipinski definition) is 2. The van der Waals surface area contributed by atoms with E-state index in [-0.39, 0.29) is 5.91 Å².